The smallest absolute Gasteiger partial charge is 0.133 e. The van der Waals surface area contributed by atoms with Crippen LogP contribution < -0.4 is 4.74 Å². The Morgan fingerprint density at radius 3 is 2.67 bits per heavy atom. The molecule has 0 N–H and O–H groups in total. The molecule has 0 aliphatic heterocycles. The first kappa shape index (κ1) is 16.3. The van der Waals surface area contributed by atoms with Crippen LogP contribution in [0.25, 0.3) is 0 Å². The fourth-order valence-electron chi connectivity index (χ4n) is 2.02. The van der Waals surface area contributed by atoms with Gasteiger partial charge in [-0.05, 0) is 58.1 Å². The average Bonchev–Trinajstić information content (AvgIpc) is 2.48. The Hall–Kier alpha value is -1.06. The van der Waals surface area contributed by atoms with Crippen LogP contribution in [0.2, 0.25) is 0 Å². The van der Waals surface area contributed by atoms with E-state index in [1.165, 1.54) is 6.07 Å². The lowest BCUT2D eigenvalue weighted by Crippen LogP contribution is -2.00. The molecule has 1 nitrogen and oxygen atoms in total. The van der Waals surface area contributed by atoms with E-state index in [4.69, 9.17) is 16.3 Å². The molecule has 0 fully saturated rings. The maximum Gasteiger partial charge on any atom is 0.133 e. The summed E-state index contributed by atoms with van der Waals surface area (Å²) < 4.78 is 20.1. The third-order valence-corrected chi connectivity index (χ3v) is 4.16. The lowest BCUT2D eigenvalue weighted by Gasteiger charge is -2.13. The van der Waals surface area contributed by atoms with Gasteiger partial charge >= 0.3 is 0 Å². The van der Waals surface area contributed by atoms with Gasteiger partial charge in [0, 0.05) is 0 Å². The molecule has 21 heavy (non-hydrogen) atoms. The molecule has 0 aliphatic rings. The van der Waals surface area contributed by atoms with Crippen LogP contribution in [0.3, 0.4) is 0 Å². The summed E-state index contributed by atoms with van der Waals surface area (Å²) in [5, 5.41) is -0.279. The molecule has 112 valence electrons. The normalized spacial score (nSPS) is 12.2. The second kappa shape index (κ2) is 7.81. The molecule has 2 aromatic rings. The van der Waals surface area contributed by atoms with E-state index in [1.807, 2.05) is 24.3 Å². The topological polar surface area (TPSA) is 9.23 Å². The van der Waals surface area contributed by atoms with E-state index in [0.717, 1.165) is 22.2 Å². The van der Waals surface area contributed by atoms with Crippen molar-refractivity contribution >= 4 is 27.5 Å². The molecule has 1 unspecified atom stereocenters. The van der Waals surface area contributed by atoms with Gasteiger partial charge in [-0.25, -0.2) is 4.39 Å². The third kappa shape index (κ3) is 4.45. The highest BCUT2D eigenvalue weighted by Crippen LogP contribution is 2.32. The molecule has 0 bridgehead atoms. The highest BCUT2D eigenvalue weighted by molar-refractivity contribution is 9.10. The fourth-order valence-corrected chi connectivity index (χ4v) is 2.83. The summed E-state index contributed by atoms with van der Waals surface area (Å²) in [4.78, 5) is 0. The summed E-state index contributed by atoms with van der Waals surface area (Å²) in [6, 6.07) is 12.5. The number of rotatable bonds is 6. The lowest BCUT2D eigenvalue weighted by atomic mass is 10.0. The van der Waals surface area contributed by atoms with E-state index < -0.39 is 0 Å². The number of hydrogen-bond acceptors (Lipinski definition) is 1. The minimum absolute atomic E-state index is 0.217. The molecular formula is C17H17BrClFO. The SMILES string of the molecule is CCCOc1ccc(C(Cl)Cc2ccccc2F)cc1Br. The Labute approximate surface area is 138 Å². The minimum atomic E-state index is -0.279. The standard InChI is InChI=1S/C17H17BrClFO/c1-2-9-21-17-8-7-12(10-14(17)18)15(19)11-13-5-3-4-6-16(13)20/h3-8,10,15H,2,9,11H2,1H3. The first-order valence-electron chi connectivity index (χ1n) is 6.91. The van der Waals surface area contributed by atoms with Gasteiger partial charge in [-0.2, -0.15) is 0 Å². The Bertz CT molecular complexity index is 603. The predicted octanol–water partition coefficient (Wildman–Crippen LogP) is 5.90. The van der Waals surface area contributed by atoms with E-state index >= 15 is 0 Å². The fraction of sp³-hybridized carbons (Fsp3) is 0.294. The summed E-state index contributed by atoms with van der Waals surface area (Å²) in [7, 11) is 0. The van der Waals surface area contributed by atoms with Crippen molar-refractivity contribution in [1.82, 2.24) is 0 Å². The average molecular weight is 372 g/mol. The lowest BCUT2D eigenvalue weighted by molar-refractivity contribution is 0.315. The van der Waals surface area contributed by atoms with Crippen LogP contribution in [-0.2, 0) is 6.42 Å². The molecule has 4 heteroatoms. The van der Waals surface area contributed by atoms with Crippen LogP contribution in [0, 0.1) is 5.82 Å². The maximum atomic E-state index is 13.7. The van der Waals surface area contributed by atoms with Gasteiger partial charge in [0.15, 0.2) is 0 Å². The summed E-state index contributed by atoms with van der Waals surface area (Å²) >= 11 is 9.90. The Morgan fingerprint density at radius 1 is 1.24 bits per heavy atom. The third-order valence-electron chi connectivity index (χ3n) is 3.14. The van der Waals surface area contributed by atoms with Gasteiger partial charge < -0.3 is 4.74 Å². The van der Waals surface area contributed by atoms with Crippen molar-refractivity contribution < 1.29 is 9.13 Å². The Balaban J connectivity index is 2.11. The first-order chi connectivity index (χ1) is 10.1. The number of ether oxygens (including phenoxy) is 1. The molecule has 1 atom stereocenters. The minimum Gasteiger partial charge on any atom is -0.492 e. The van der Waals surface area contributed by atoms with Crippen molar-refractivity contribution in [3.8, 4) is 5.75 Å². The van der Waals surface area contributed by atoms with Crippen molar-refractivity contribution in [2.24, 2.45) is 0 Å². The van der Waals surface area contributed by atoms with Crippen molar-refractivity contribution in [3.05, 3.63) is 63.9 Å². The van der Waals surface area contributed by atoms with Gasteiger partial charge in [0.2, 0.25) is 0 Å². The summed E-state index contributed by atoms with van der Waals surface area (Å²) in [5.41, 5.74) is 1.57. The molecule has 0 aromatic heterocycles. The Morgan fingerprint density at radius 2 is 2.00 bits per heavy atom. The highest BCUT2D eigenvalue weighted by atomic mass is 79.9. The van der Waals surface area contributed by atoms with Crippen LogP contribution in [-0.4, -0.2) is 6.61 Å². The predicted molar refractivity (Wildman–Crippen MR) is 88.6 cm³/mol. The van der Waals surface area contributed by atoms with E-state index in [-0.39, 0.29) is 11.2 Å². The van der Waals surface area contributed by atoms with Gasteiger partial charge in [-0.3, -0.25) is 0 Å². The van der Waals surface area contributed by atoms with Crippen molar-refractivity contribution in [3.63, 3.8) is 0 Å². The van der Waals surface area contributed by atoms with Crippen molar-refractivity contribution in [2.75, 3.05) is 6.61 Å². The van der Waals surface area contributed by atoms with E-state index in [1.54, 1.807) is 12.1 Å². The van der Waals surface area contributed by atoms with Crippen LogP contribution in [0.15, 0.2) is 46.9 Å². The molecule has 2 rings (SSSR count). The zero-order chi connectivity index (χ0) is 15.2. The van der Waals surface area contributed by atoms with Gasteiger partial charge in [0.25, 0.3) is 0 Å². The quantitative estimate of drug-likeness (QED) is 0.574. The molecule has 0 amide bonds. The van der Waals surface area contributed by atoms with Crippen LogP contribution in [0.5, 0.6) is 5.75 Å². The van der Waals surface area contributed by atoms with E-state index in [0.29, 0.717) is 18.6 Å². The van der Waals surface area contributed by atoms with Crippen LogP contribution >= 0.6 is 27.5 Å². The van der Waals surface area contributed by atoms with Crippen molar-refractivity contribution in [1.29, 1.82) is 0 Å². The largest absolute Gasteiger partial charge is 0.492 e. The number of halogens is 3. The summed E-state index contributed by atoms with van der Waals surface area (Å²) in [6.07, 6.45) is 1.41. The van der Waals surface area contributed by atoms with Gasteiger partial charge in [-0.1, -0.05) is 31.2 Å². The number of alkyl halides is 1. The summed E-state index contributed by atoms with van der Waals surface area (Å²) in [6.45, 7) is 2.74. The molecule has 0 heterocycles. The molecule has 0 saturated heterocycles. The summed E-state index contributed by atoms with van der Waals surface area (Å²) in [5.74, 6) is 0.584. The van der Waals surface area contributed by atoms with Gasteiger partial charge in [-0.15, -0.1) is 11.6 Å². The number of benzene rings is 2. The molecule has 2 aromatic carbocycles. The second-order valence-corrected chi connectivity index (χ2v) is 6.18. The maximum absolute atomic E-state index is 13.7. The zero-order valence-electron chi connectivity index (χ0n) is 11.8. The monoisotopic (exact) mass is 370 g/mol. The van der Waals surface area contributed by atoms with Gasteiger partial charge in [0.05, 0.1) is 16.5 Å². The molecule has 0 saturated carbocycles. The number of hydrogen-bond donors (Lipinski definition) is 0. The highest BCUT2D eigenvalue weighted by Gasteiger charge is 2.13. The Kier molecular flexibility index (Phi) is 6.07. The molecule has 0 aliphatic carbocycles. The van der Waals surface area contributed by atoms with Crippen LogP contribution in [0.4, 0.5) is 4.39 Å². The van der Waals surface area contributed by atoms with E-state index in [2.05, 4.69) is 22.9 Å². The van der Waals surface area contributed by atoms with E-state index in [9.17, 15) is 4.39 Å². The molecule has 0 spiro atoms. The second-order valence-electron chi connectivity index (χ2n) is 4.80. The molecule has 0 radical (unpaired) electrons. The van der Waals surface area contributed by atoms with Crippen LogP contribution in [0.1, 0.15) is 29.8 Å². The molecular weight excluding hydrogens is 355 g/mol. The first-order valence-corrected chi connectivity index (χ1v) is 8.14. The van der Waals surface area contributed by atoms with Gasteiger partial charge in [0.1, 0.15) is 11.6 Å². The zero-order valence-corrected chi connectivity index (χ0v) is 14.1. The van der Waals surface area contributed by atoms with Crippen molar-refractivity contribution in [2.45, 2.75) is 25.1 Å².